The Labute approximate surface area is 244 Å². The minimum absolute atomic E-state index is 0.583. The lowest BCUT2D eigenvalue weighted by Crippen LogP contribution is -2.53. The van der Waals surface area contributed by atoms with Crippen LogP contribution in [0.25, 0.3) is 11.1 Å². The number of hydrogen-bond acceptors (Lipinski definition) is 0. The molecule has 0 aromatic heterocycles. The summed E-state index contributed by atoms with van der Waals surface area (Å²) in [4.78, 5) is 0. The minimum Gasteiger partial charge on any atom is -0.0843 e. The molecule has 6 rings (SSSR count). The van der Waals surface area contributed by atoms with E-state index in [1.54, 1.807) is 5.56 Å². The Morgan fingerprint density at radius 3 is 2.13 bits per heavy atom. The fourth-order valence-corrected chi connectivity index (χ4v) is 10.8. The zero-order valence-electron chi connectivity index (χ0n) is 25.2. The van der Waals surface area contributed by atoms with E-state index in [1.165, 1.54) is 94.6 Å². The van der Waals surface area contributed by atoms with E-state index in [4.69, 9.17) is 11.6 Å². The van der Waals surface area contributed by atoms with E-state index in [1.807, 2.05) is 12.1 Å². The zero-order chi connectivity index (χ0) is 27.2. The van der Waals surface area contributed by atoms with E-state index in [0.717, 1.165) is 46.4 Å². The van der Waals surface area contributed by atoms with Crippen molar-refractivity contribution in [3.05, 3.63) is 59.1 Å². The highest BCUT2D eigenvalue weighted by Gasteiger charge is 2.59. The zero-order valence-corrected chi connectivity index (χ0v) is 26.0. The third kappa shape index (κ3) is 5.27. The van der Waals surface area contributed by atoms with Gasteiger partial charge in [-0.2, -0.15) is 0 Å². The van der Waals surface area contributed by atoms with Gasteiger partial charge in [-0.15, -0.1) is 0 Å². The van der Waals surface area contributed by atoms with Crippen LogP contribution in [0.2, 0.25) is 5.02 Å². The van der Waals surface area contributed by atoms with Gasteiger partial charge in [-0.25, -0.2) is 0 Å². The van der Waals surface area contributed by atoms with Gasteiger partial charge in [0.2, 0.25) is 0 Å². The number of hydrogen-bond donors (Lipinski definition) is 0. The summed E-state index contributed by atoms with van der Waals surface area (Å²) in [6.45, 7) is 10.3. The first kappa shape index (κ1) is 27.9. The maximum absolute atomic E-state index is 6.11. The molecule has 0 aliphatic heterocycles. The second-order valence-corrected chi connectivity index (χ2v) is 15.7. The first-order valence-corrected chi connectivity index (χ1v) is 17.0. The van der Waals surface area contributed by atoms with Crippen LogP contribution >= 0.6 is 11.6 Å². The van der Waals surface area contributed by atoms with E-state index >= 15 is 0 Å². The molecule has 0 N–H and O–H groups in total. The summed E-state index contributed by atoms with van der Waals surface area (Å²) in [7, 11) is 0. The Morgan fingerprint density at radius 1 is 0.744 bits per heavy atom. The Balaban J connectivity index is 1.10. The van der Waals surface area contributed by atoms with E-state index in [2.05, 4.69) is 64.1 Å². The summed E-state index contributed by atoms with van der Waals surface area (Å²) < 4.78 is 0. The third-order valence-corrected chi connectivity index (χ3v) is 13.3. The molecule has 8 atom stereocenters. The molecule has 0 spiro atoms. The summed E-state index contributed by atoms with van der Waals surface area (Å²) in [6, 6.07) is 17.8. The van der Waals surface area contributed by atoms with Crippen molar-refractivity contribution in [2.45, 2.75) is 117 Å². The molecule has 0 nitrogen and oxygen atoms in total. The lowest BCUT2D eigenvalue weighted by Gasteiger charge is -2.61. The van der Waals surface area contributed by atoms with Gasteiger partial charge in [-0.05, 0) is 145 Å². The molecule has 0 saturated heterocycles. The van der Waals surface area contributed by atoms with Gasteiger partial charge in [0.15, 0.2) is 0 Å². The number of halogens is 1. The van der Waals surface area contributed by atoms with Gasteiger partial charge in [0.25, 0.3) is 0 Å². The van der Waals surface area contributed by atoms with Crippen LogP contribution < -0.4 is 0 Å². The maximum Gasteiger partial charge on any atom is 0.0406 e. The Hall–Kier alpha value is -1.27. The molecule has 2 aromatic carbocycles. The summed E-state index contributed by atoms with van der Waals surface area (Å²) >= 11 is 6.11. The molecule has 0 bridgehead atoms. The molecule has 1 heteroatoms. The smallest absolute Gasteiger partial charge is 0.0406 e. The largest absolute Gasteiger partial charge is 0.0843 e. The van der Waals surface area contributed by atoms with E-state index < -0.39 is 0 Å². The highest BCUT2D eigenvalue weighted by atomic mass is 35.5. The van der Waals surface area contributed by atoms with Crippen molar-refractivity contribution < 1.29 is 0 Å². The predicted molar refractivity (Wildman–Crippen MR) is 168 cm³/mol. The summed E-state index contributed by atoms with van der Waals surface area (Å²) in [5, 5.41) is 0.808. The molecule has 2 aromatic rings. The highest BCUT2D eigenvalue weighted by Crippen LogP contribution is 2.68. The van der Waals surface area contributed by atoms with E-state index in [9.17, 15) is 0 Å². The second kappa shape index (κ2) is 11.2. The molecule has 4 aliphatic rings. The highest BCUT2D eigenvalue weighted by molar-refractivity contribution is 6.30. The van der Waals surface area contributed by atoms with Crippen molar-refractivity contribution in [3.8, 4) is 11.1 Å². The normalized spacial score (nSPS) is 37.8. The minimum atomic E-state index is 0.583. The molecule has 0 amide bonds. The molecular weight excluding hydrogens is 492 g/mol. The SMILES string of the molecule is CC(C)CCCC[C@H]1CC[C@H]2[C@@H]3CC[C@H]4CC(c5ccc(-c6ccc(Cl)cc6)cc5)CC[C@]4(C)[C@H]3CC[C@]12C. The van der Waals surface area contributed by atoms with Gasteiger partial charge in [0.05, 0.1) is 0 Å². The van der Waals surface area contributed by atoms with Gasteiger partial charge in [0.1, 0.15) is 0 Å². The lowest BCUT2D eigenvalue weighted by atomic mass is 9.44. The van der Waals surface area contributed by atoms with Crippen LogP contribution in [-0.4, -0.2) is 0 Å². The van der Waals surface area contributed by atoms with E-state index in [0.29, 0.717) is 10.8 Å². The van der Waals surface area contributed by atoms with Crippen LogP contribution in [0.3, 0.4) is 0 Å². The quantitative estimate of drug-likeness (QED) is 0.304. The average molecular weight is 545 g/mol. The Kier molecular flexibility index (Phi) is 8.00. The van der Waals surface area contributed by atoms with Crippen LogP contribution in [0.1, 0.15) is 123 Å². The molecule has 0 heterocycles. The standard InChI is InChI=1S/C38H53Cl/c1-26(2)7-5-6-8-31-16-20-35-34-19-15-32-25-30(21-23-38(32,4)36(34)22-24-37(31,35)3)29-11-9-27(10-12-29)28-13-17-33(39)18-14-28/h9-14,17-18,26,30-32,34-36H,5-8,15-16,19-25H2,1-4H3/t30?,31-,32-,34-,35-,36-,37+,38-/m0/s1. The van der Waals surface area contributed by atoms with Crippen molar-refractivity contribution in [3.63, 3.8) is 0 Å². The van der Waals surface area contributed by atoms with Gasteiger partial charge >= 0.3 is 0 Å². The van der Waals surface area contributed by atoms with Gasteiger partial charge in [-0.1, -0.05) is 95.0 Å². The fourth-order valence-electron chi connectivity index (χ4n) is 10.7. The van der Waals surface area contributed by atoms with Crippen LogP contribution in [-0.2, 0) is 0 Å². The number of fused-ring (bicyclic) bond motifs is 5. The monoisotopic (exact) mass is 544 g/mol. The van der Waals surface area contributed by atoms with Crippen molar-refractivity contribution in [1.29, 1.82) is 0 Å². The predicted octanol–water partition coefficient (Wildman–Crippen LogP) is 12.0. The van der Waals surface area contributed by atoms with Gasteiger partial charge in [0, 0.05) is 5.02 Å². The summed E-state index contributed by atoms with van der Waals surface area (Å²) in [6.07, 6.45) is 19.2. The van der Waals surface area contributed by atoms with Crippen LogP contribution in [0.15, 0.2) is 48.5 Å². The molecule has 212 valence electrons. The van der Waals surface area contributed by atoms with Crippen LogP contribution in [0.4, 0.5) is 0 Å². The van der Waals surface area contributed by atoms with Crippen molar-refractivity contribution in [1.82, 2.24) is 0 Å². The maximum atomic E-state index is 6.11. The van der Waals surface area contributed by atoms with Crippen molar-refractivity contribution in [2.24, 2.45) is 46.3 Å². The molecule has 4 aliphatic carbocycles. The summed E-state index contributed by atoms with van der Waals surface area (Å²) in [5.41, 5.74) is 5.36. The van der Waals surface area contributed by atoms with Crippen molar-refractivity contribution >= 4 is 11.6 Å². The molecule has 4 saturated carbocycles. The Bertz CT molecular complexity index is 1100. The van der Waals surface area contributed by atoms with E-state index in [-0.39, 0.29) is 0 Å². The van der Waals surface area contributed by atoms with Crippen LogP contribution in [0, 0.1) is 46.3 Å². The molecular formula is C38H53Cl. The third-order valence-electron chi connectivity index (χ3n) is 13.0. The van der Waals surface area contributed by atoms with Gasteiger partial charge < -0.3 is 0 Å². The first-order chi connectivity index (χ1) is 18.8. The lowest BCUT2D eigenvalue weighted by molar-refractivity contribution is -0.114. The van der Waals surface area contributed by atoms with Gasteiger partial charge in [-0.3, -0.25) is 0 Å². The second-order valence-electron chi connectivity index (χ2n) is 15.3. The number of unbranched alkanes of at least 4 members (excludes halogenated alkanes) is 1. The average Bonchev–Trinajstić information content (AvgIpc) is 3.27. The summed E-state index contributed by atoms with van der Waals surface area (Å²) in [5.74, 6) is 6.56. The number of rotatable bonds is 7. The first-order valence-electron chi connectivity index (χ1n) is 16.6. The Morgan fingerprint density at radius 2 is 1.41 bits per heavy atom. The number of benzene rings is 2. The fraction of sp³-hybridized carbons (Fsp3) is 0.684. The molecule has 39 heavy (non-hydrogen) atoms. The topological polar surface area (TPSA) is 0 Å². The van der Waals surface area contributed by atoms with Crippen LogP contribution in [0.5, 0.6) is 0 Å². The molecule has 1 unspecified atom stereocenters. The molecule has 0 radical (unpaired) electrons. The van der Waals surface area contributed by atoms with Crippen molar-refractivity contribution in [2.75, 3.05) is 0 Å². The molecule has 4 fully saturated rings.